The van der Waals surface area contributed by atoms with Gasteiger partial charge in [-0.3, -0.25) is 0 Å². The molecule has 0 aromatic rings. The molecule has 1 heterocycles. The molecular formula is C3H9F6N5P4S. The molecule has 2 unspecified atom stereocenters. The summed E-state index contributed by atoms with van der Waals surface area (Å²) < 4.78 is 91.5. The van der Waals surface area contributed by atoms with Gasteiger partial charge in [0.05, 0.1) is 0 Å². The van der Waals surface area contributed by atoms with Crippen LogP contribution < -0.4 is 0 Å². The van der Waals surface area contributed by atoms with Gasteiger partial charge in [-0.2, -0.15) is 8.39 Å². The van der Waals surface area contributed by atoms with Crippen LogP contribution in [0.25, 0.3) is 0 Å². The van der Waals surface area contributed by atoms with Crippen LogP contribution >= 0.6 is 41.4 Å². The van der Waals surface area contributed by atoms with Gasteiger partial charge in [-0.15, -0.1) is 34.8 Å². The summed E-state index contributed by atoms with van der Waals surface area (Å²) in [5, 5.41) is 0. The van der Waals surface area contributed by atoms with Crippen molar-refractivity contribution < 1.29 is 25.2 Å². The minimum atomic E-state index is -5.74. The largest absolute Gasteiger partial charge is 0.423 e. The van der Waals surface area contributed by atoms with E-state index in [1.165, 1.54) is 0 Å². The predicted molar refractivity (Wildman–Crippen MR) is 71.2 cm³/mol. The quantitative estimate of drug-likeness (QED) is 0.365. The molecule has 0 aromatic heterocycles. The van der Waals surface area contributed by atoms with Crippen molar-refractivity contribution in [2.24, 2.45) is 18.1 Å². The third-order valence-electron chi connectivity index (χ3n) is 1.62. The molecule has 0 radical (unpaired) electrons. The van der Waals surface area contributed by atoms with Crippen molar-refractivity contribution in [3.63, 3.8) is 0 Å². The lowest BCUT2D eigenvalue weighted by atomic mass is 11.3. The highest BCUT2D eigenvalue weighted by molar-refractivity contribution is 8.57. The molecule has 19 heavy (non-hydrogen) atoms. The second-order valence-corrected chi connectivity index (χ2v) is 13.5. The lowest BCUT2D eigenvalue weighted by Crippen LogP contribution is -2.03. The summed E-state index contributed by atoms with van der Waals surface area (Å²) in [4.78, 5) is 0. The van der Waals surface area contributed by atoms with Crippen LogP contribution in [0.4, 0.5) is 25.2 Å². The zero-order valence-corrected chi connectivity index (χ0v) is 14.1. The molecule has 0 aromatic carbocycles. The second-order valence-electron chi connectivity index (χ2n) is 3.27. The van der Waals surface area contributed by atoms with Crippen molar-refractivity contribution in [1.29, 1.82) is 0 Å². The molecule has 0 spiro atoms. The Balaban J connectivity index is 3.76. The van der Waals surface area contributed by atoms with Gasteiger partial charge in [0.15, 0.2) is 0 Å². The van der Waals surface area contributed by atoms with E-state index in [-0.39, 0.29) is 11.4 Å². The summed E-state index contributed by atoms with van der Waals surface area (Å²) in [6, 6.07) is 0. The first-order chi connectivity index (χ1) is 8.33. The number of rotatable bonds is 2. The lowest BCUT2D eigenvalue weighted by molar-refractivity contribution is 0.606. The van der Waals surface area contributed by atoms with Gasteiger partial charge in [-0.05, 0) is 20.4 Å². The zero-order valence-electron chi connectivity index (χ0n) is 9.70. The topological polar surface area (TPSA) is 52.7 Å². The number of nitrogens with zero attached hydrogens (tertiary/aromatic N) is 5. The summed E-state index contributed by atoms with van der Waals surface area (Å²) in [5.74, 6) is 0. The molecule has 0 bridgehead atoms. The second kappa shape index (κ2) is 5.54. The van der Waals surface area contributed by atoms with Crippen molar-refractivity contribution >= 4 is 41.4 Å². The first kappa shape index (κ1) is 17.9. The van der Waals surface area contributed by atoms with Crippen LogP contribution in [0.5, 0.6) is 0 Å². The Morgan fingerprint density at radius 3 is 1.68 bits per heavy atom. The Bertz CT molecular complexity index is 586. The number of hydrogen-bond acceptors (Lipinski definition) is 6. The summed E-state index contributed by atoms with van der Waals surface area (Å²) in [6.45, 7) is -4.83. The SMILES string of the molecule is CSP1(F)=NP(F)(F)=NP(F)(N(C)C)=NP(F)(F)=N1. The zero-order chi connectivity index (χ0) is 15.1. The fourth-order valence-electron chi connectivity index (χ4n) is 0.844. The first-order valence-corrected chi connectivity index (χ1v) is 12.2. The summed E-state index contributed by atoms with van der Waals surface area (Å²) in [6.07, 6.45) is 0.978. The number of hydrogen-bond donors (Lipinski definition) is 0. The van der Waals surface area contributed by atoms with Crippen LogP contribution in [0.2, 0.25) is 0 Å². The third-order valence-corrected chi connectivity index (χ3v) is 12.8. The molecule has 1 rings (SSSR count). The fourth-order valence-corrected chi connectivity index (χ4v) is 11.8. The van der Waals surface area contributed by atoms with Gasteiger partial charge in [0.2, 0.25) is 0 Å². The predicted octanol–water partition coefficient (Wildman–Crippen LogP) is 7.53. The van der Waals surface area contributed by atoms with Gasteiger partial charge >= 0.3 is 30.0 Å². The van der Waals surface area contributed by atoms with Crippen LogP contribution in [0.15, 0.2) is 18.1 Å². The molecule has 0 saturated heterocycles. The van der Waals surface area contributed by atoms with E-state index in [1.807, 2.05) is 0 Å². The minimum absolute atomic E-state index is 0.0467. The molecule has 0 saturated carbocycles. The Hall–Kier alpha value is 0.810. The van der Waals surface area contributed by atoms with E-state index in [2.05, 4.69) is 18.1 Å². The molecule has 0 aliphatic carbocycles. The molecule has 114 valence electrons. The maximum Gasteiger partial charge on any atom is 0.423 e. The Labute approximate surface area is 110 Å². The van der Waals surface area contributed by atoms with Crippen molar-refractivity contribution in [2.45, 2.75) is 0 Å². The van der Waals surface area contributed by atoms with Crippen LogP contribution in [-0.4, -0.2) is 25.0 Å². The maximum absolute atomic E-state index is 14.0. The highest BCUT2D eigenvalue weighted by Crippen LogP contribution is 2.84. The molecule has 5 nitrogen and oxygen atoms in total. The Morgan fingerprint density at radius 2 is 1.26 bits per heavy atom. The van der Waals surface area contributed by atoms with E-state index in [1.54, 1.807) is 0 Å². The van der Waals surface area contributed by atoms with Crippen LogP contribution in [-0.2, 0) is 0 Å². The van der Waals surface area contributed by atoms with Crippen LogP contribution in [0.3, 0.4) is 0 Å². The molecule has 0 amide bonds. The van der Waals surface area contributed by atoms with Gasteiger partial charge in [-0.1, -0.05) is 11.4 Å². The molecule has 0 N–H and O–H groups in total. The van der Waals surface area contributed by atoms with E-state index >= 15 is 0 Å². The Morgan fingerprint density at radius 1 is 0.789 bits per heavy atom. The standard InChI is InChI=1S/C3H9F6N5P4S/c1-14(2)17(8)10-15(4,5)12-18(9,19-3)13-16(6,7)11-17/h1-3H3. The third kappa shape index (κ3) is 4.65. The van der Waals surface area contributed by atoms with Gasteiger partial charge < -0.3 is 0 Å². The first-order valence-electron chi connectivity index (χ1n) is 4.30. The molecular weight excluding hydrogens is 376 g/mol. The lowest BCUT2D eigenvalue weighted by Gasteiger charge is -2.21. The highest BCUT2D eigenvalue weighted by Gasteiger charge is 2.39. The van der Waals surface area contributed by atoms with Crippen LogP contribution in [0.1, 0.15) is 0 Å². The summed E-state index contributed by atoms with van der Waals surface area (Å²) >= 11 is 0.0467. The Kier molecular flexibility index (Phi) is 5.21. The molecule has 16 heteroatoms. The van der Waals surface area contributed by atoms with Crippen LogP contribution in [0, 0.1) is 0 Å². The molecule has 1 aliphatic rings. The smallest absolute Gasteiger partial charge is 0.232 e. The van der Waals surface area contributed by atoms with E-state index in [0.717, 1.165) is 20.4 Å². The van der Waals surface area contributed by atoms with Crippen molar-refractivity contribution in [1.82, 2.24) is 4.67 Å². The van der Waals surface area contributed by atoms with E-state index in [4.69, 9.17) is 0 Å². The fraction of sp³-hybridized carbons (Fsp3) is 1.00. The van der Waals surface area contributed by atoms with E-state index in [9.17, 15) is 25.2 Å². The van der Waals surface area contributed by atoms with E-state index < -0.39 is 30.0 Å². The normalized spacial score (nSPS) is 37.2. The van der Waals surface area contributed by atoms with Gasteiger partial charge in [0.1, 0.15) is 0 Å². The van der Waals surface area contributed by atoms with Gasteiger partial charge in [0.25, 0.3) is 0 Å². The van der Waals surface area contributed by atoms with Crippen molar-refractivity contribution in [3.8, 4) is 0 Å². The highest BCUT2D eigenvalue weighted by atomic mass is 32.7. The molecule has 0 fully saturated rings. The monoisotopic (exact) mass is 385 g/mol. The molecule has 1 aliphatic heterocycles. The minimum Gasteiger partial charge on any atom is -0.232 e. The van der Waals surface area contributed by atoms with E-state index in [0.29, 0.717) is 4.67 Å². The summed E-state index contributed by atoms with van der Waals surface area (Å²) in [7, 11) is -14.6. The average Bonchev–Trinajstić information content (AvgIpc) is 2.11. The molecule has 2 atom stereocenters. The maximum atomic E-state index is 14.0. The summed E-state index contributed by atoms with van der Waals surface area (Å²) in [5.41, 5.74) is 0. The van der Waals surface area contributed by atoms with Crippen molar-refractivity contribution in [2.75, 3.05) is 20.4 Å². The van der Waals surface area contributed by atoms with Crippen molar-refractivity contribution in [3.05, 3.63) is 0 Å². The number of halogens is 6. The van der Waals surface area contributed by atoms with Gasteiger partial charge in [0, 0.05) is 0 Å². The average molecular weight is 385 g/mol. The van der Waals surface area contributed by atoms with Gasteiger partial charge in [-0.25, -0.2) is 4.67 Å².